The second kappa shape index (κ2) is 11.9. The Balaban J connectivity index is 1.70. The van der Waals surface area contributed by atoms with E-state index >= 15 is 0 Å². The van der Waals surface area contributed by atoms with Gasteiger partial charge < -0.3 is 30.2 Å². The number of nitrogens with zero attached hydrogens (tertiary/aromatic N) is 1. The third-order valence-corrected chi connectivity index (χ3v) is 7.69. The molecular weight excluding hydrogens is 537 g/mol. The molecule has 1 aliphatic carbocycles. The lowest BCUT2D eigenvalue weighted by molar-refractivity contribution is -0.126. The third kappa shape index (κ3) is 7.20. The summed E-state index contributed by atoms with van der Waals surface area (Å²) in [5.74, 6) is 0.873. The van der Waals surface area contributed by atoms with Crippen LogP contribution in [0.25, 0.3) is 11.1 Å². The van der Waals surface area contributed by atoms with E-state index in [1.54, 1.807) is 66.9 Å². The molecule has 0 radical (unpaired) electrons. The van der Waals surface area contributed by atoms with Gasteiger partial charge in [-0.3, -0.25) is 9.59 Å². The number of hydrogen-bond acceptors (Lipinski definition) is 6. The van der Waals surface area contributed by atoms with Crippen LogP contribution >= 0.6 is 0 Å². The quantitative estimate of drug-likeness (QED) is 0.330. The van der Waals surface area contributed by atoms with Gasteiger partial charge in [-0.25, -0.2) is 4.39 Å². The molecule has 42 heavy (non-hydrogen) atoms. The van der Waals surface area contributed by atoms with E-state index in [0.717, 1.165) is 12.8 Å². The fraction of sp³-hybridized carbons (Fsp3) is 0.455. The molecule has 226 valence electrons. The number of ether oxygens (including phenoxy) is 2. The predicted molar refractivity (Wildman–Crippen MR) is 161 cm³/mol. The number of halogens is 1. The monoisotopic (exact) mass is 579 g/mol. The van der Waals surface area contributed by atoms with Crippen LogP contribution in [0.2, 0.25) is 0 Å². The maximum absolute atomic E-state index is 14.0. The van der Waals surface area contributed by atoms with Crippen LogP contribution in [0.4, 0.5) is 4.39 Å². The molecule has 0 unspecified atom stereocenters. The van der Waals surface area contributed by atoms with E-state index in [1.165, 1.54) is 22.8 Å². The first kappa shape index (κ1) is 31.3. The zero-order chi connectivity index (χ0) is 31.0. The lowest BCUT2D eigenvalue weighted by Crippen LogP contribution is -2.53. The molecule has 1 saturated carbocycles. The molecule has 9 heteroatoms. The smallest absolute Gasteiger partial charge is 0.254 e. The van der Waals surface area contributed by atoms with Gasteiger partial charge in [0.2, 0.25) is 5.91 Å². The summed E-state index contributed by atoms with van der Waals surface area (Å²) in [5.41, 5.74) is 6.79. The summed E-state index contributed by atoms with van der Waals surface area (Å²) >= 11 is 0. The molecule has 4 rings (SSSR count). The fourth-order valence-electron chi connectivity index (χ4n) is 5.17. The topological polar surface area (TPSA) is 116 Å². The molecule has 0 aliphatic heterocycles. The highest BCUT2D eigenvalue weighted by molar-refractivity contribution is 5.85. The van der Waals surface area contributed by atoms with E-state index in [1.807, 2.05) is 6.07 Å². The zero-order valence-corrected chi connectivity index (χ0v) is 25.5. The Kier molecular flexibility index (Phi) is 8.85. The normalized spacial score (nSPS) is 17.6. The van der Waals surface area contributed by atoms with E-state index < -0.39 is 11.1 Å². The van der Waals surface area contributed by atoms with E-state index in [9.17, 15) is 19.1 Å². The maximum atomic E-state index is 14.0. The van der Waals surface area contributed by atoms with Crippen LogP contribution < -0.4 is 26.1 Å². The fourth-order valence-corrected chi connectivity index (χ4v) is 5.17. The largest absolute Gasteiger partial charge is 0.490 e. The van der Waals surface area contributed by atoms with E-state index in [2.05, 4.69) is 5.32 Å². The van der Waals surface area contributed by atoms with Gasteiger partial charge in [0.15, 0.2) is 0 Å². The molecule has 0 atom stereocenters. The van der Waals surface area contributed by atoms with Gasteiger partial charge in [0.05, 0.1) is 17.2 Å². The summed E-state index contributed by atoms with van der Waals surface area (Å²) < 4.78 is 28.4. The van der Waals surface area contributed by atoms with Crippen molar-refractivity contribution in [3.63, 3.8) is 0 Å². The van der Waals surface area contributed by atoms with Crippen molar-refractivity contribution in [1.29, 1.82) is 0 Å². The first-order valence-electron chi connectivity index (χ1n) is 14.3. The number of benzene rings is 2. The number of rotatable bonds is 8. The number of aryl methyl sites for hydroxylation is 3. The molecular formula is C33H42FN3O5. The van der Waals surface area contributed by atoms with Crippen LogP contribution in [0, 0.1) is 19.7 Å². The van der Waals surface area contributed by atoms with Crippen LogP contribution in [0.15, 0.2) is 47.4 Å². The first-order chi connectivity index (χ1) is 19.5. The van der Waals surface area contributed by atoms with Gasteiger partial charge in [-0.05, 0) is 108 Å². The van der Waals surface area contributed by atoms with Crippen molar-refractivity contribution in [3.8, 4) is 28.4 Å². The Bertz CT molecular complexity index is 1500. The van der Waals surface area contributed by atoms with Crippen LogP contribution in [0.5, 0.6) is 17.2 Å². The molecule has 1 heterocycles. The molecule has 4 N–H and O–H groups in total. The third-order valence-electron chi connectivity index (χ3n) is 7.69. The number of nitrogens with one attached hydrogen (secondary N) is 1. The molecule has 1 amide bonds. The Labute approximate surface area is 246 Å². The Hall–Kier alpha value is -3.69. The summed E-state index contributed by atoms with van der Waals surface area (Å²) in [7, 11) is 1.66. The highest BCUT2D eigenvalue weighted by Crippen LogP contribution is 2.42. The Morgan fingerprint density at radius 2 is 1.62 bits per heavy atom. The van der Waals surface area contributed by atoms with Crippen LogP contribution in [0.1, 0.15) is 70.1 Å². The lowest BCUT2D eigenvalue weighted by atomic mass is 9.91. The first-order valence-corrected chi connectivity index (χ1v) is 14.3. The highest BCUT2D eigenvalue weighted by Gasteiger charge is 2.29. The van der Waals surface area contributed by atoms with Crippen LogP contribution in [0.3, 0.4) is 0 Å². The van der Waals surface area contributed by atoms with Gasteiger partial charge in [-0.1, -0.05) is 6.07 Å². The highest BCUT2D eigenvalue weighted by atomic mass is 19.1. The van der Waals surface area contributed by atoms with Crippen molar-refractivity contribution in [3.05, 3.63) is 75.5 Å². The maximum Gasteiger partial charge on any atom is 0.254 e. The second-order valence-corrected chi connectivity index (χ2v) is 12.5. The molecule has 8 nitrogen and oxygen atoms in total. The molecule has 1 aromatic heterocycles. The SMILES string of the molecule is Cc1cc(F)cc(C)c1Oc1ccc(C(C)(C)O)cc1-c1cn(C)c(=O)cc1OC1CCC(NC(=O)C(C)(C)N)CC1. The summed E-state index contributed by atoms with van der Waals surface area (Å²) in [5, 5.41) is 13.8. The van der Waals surface area contributed by atoms with Crippen LogP contribution in [-0.2, 0) is 17.4 Å². The molecule has 0 spiro atoms. The van der Waals surface area contributed by atoms with Crippen LogP contribution in [-0.4, -0.2) is 33.3 Å². The number of aromatic nitrogens is 1. The standard InChI is InChI=1S/C33H42FN3O5/c1-19-14-22(34)15-20(2)30(19)42-27-13-8-21(33(5,6)40)16-25(27)26-18-37(7)29(38)17-28(26)41-24-11-9-23(10-12-24)36-31(39)32(3,4)35/h8,13-18,23-24,40H,9-12,35H2,1-7H3,(H,36,39). The van der Waals surface area contributed by atoms with Gasteiger partial charge in [0.25, 0.3) is 5.56 Å². The van der Waals surface area contributed by atoms with Gasteiger partial charge in [0, 0.05) is 36.5 Å². The second-order valence-electron chi connectivity index (χ2n) is 12.5. The number of amides is 1. The van der Waals surface area contributed by atoms with Gasteiger partial charge in [0.1, 0.15) is 23.1 Å². The van der Waals surface area contributed by atoms with Crippen molar-refractivity contribution in [2.45, 2.75) is 90.5 Å². The number of aliphatic hydroxyl groups is 1. The van der Waals surface area contributed by atoms with E-state index in [0.29, 0.717) is 57.9 Å². The Morgan fingerprint density at radius 1 is 1.00 bits per heavy atom. The zero-order valence-electron chi connectivity index (χ0n) is 25.5. The van der Waals surface area contributed by atoms with Crippen molar-refractivity contribution in [1.82, 2.24) is 9.88 Å². The summed E-state index contributed by atoms with van der Waals surface area (Å²) in [6.45, 7) is 10.3. The minimum absolute atomic E-state index is 0.00828. The number of hydrogen-bond donors (Lipinski definition) is 3. The number of carbonyl (C=O) groups is 1. The number of nitrogens with two attached hydrogens (primary N) is 1. The predicted octanol–water partition coefficient (Wildman–Crippen LogP) is 5.37. The molecule has 2 aromatic carbocycles. The average molecular weight is 580 g/mol. The van der Waals surface area contributed by atoms with Crippen molar-refractivity contribution in [2.24, 2.45) is 12.8 Å². The van der Waals surface area contributed by atoms with Crippen molar-refractivity contribution < 1.29 is 23.8 Å². The van der Waals surface area contributed by atoms with Gasteiger partial charge >= 0.3 is 0 Å². The van der Waals surface area contributed by atoms with Crippen molar-refractivity contribution >= 4 is 5.91 Å². The summed E-state index contributed by atoms with van der Waals surface area (Å²) in [4.78, 5) is 25.1. The minimum atomic E-state index is -1.14. The van der Waals surface area contributed by atoms with E-state index in [-0.39, 0.29) is 29.4 Å². The molecule has 3 aromatic rings. The molecule has 1 aliphatic rings. The number of carbonyl (C=O) groups excluding carboxylic acids is 1. The lowest BCUT2D eigenvalue weighted by Gasteiger charge is -2.32. The molecule has 0 bridgehead atoms. The number of pyridine rings is 1. The molecule has 0 saturated heterocycles. The van der Waals surface area contributed by atoms with E-state index in [4.69, 9.17) is 15.2 Å². The minimum Gasteiger partial charge on any atom is -0.490 e. The average Bonchev–Trinajstić information content (AvgIpc) is 2.88. The molecule has 1 fully saturated rings. The summed E-state index contributed by atoms with van der Waals surface area (Å²) in [6, 6.07) is 9.70. The Morgan fingerprint density at radius 3 is 2.19 bits per heavy atom. The van der Waals surface area contributed by atoms with Gasteiger partial charge in [-0.15, -0.1) is 0 Å². The van der Waals surface area contributed by atoms with Gasteiger partial charge in [-0.2, -0.15) is 0 Å². The van der Waals surface area contributed by atoms with Crippen molar-refractivity contribution in [2.75, 3.05) is 0 Å². The summed E-state index contributed by atoms with van der Waals surface area (Å²) in [6.07, 6.45) is 4.35.